The van der Waals surface area contributed by atoms with Crippen LogP contribution in [0.1, 0.15) is 17.0 Å². The normalized spacial score (nSPS) is 14.9. The molecule has 1 aliphatic rings. The molecule has 1 aromatic heterocycles. The van der Waals surface area contributed by atoms with Crippen molar-refractivity contribution < 1.29 is 13.2 Å². The summed E-state index contributed by atoms with van der Waals surface area (Å²) in [6.45, 7) is 0.800. The lowest BCUT2D eigenvalue weighted by Crippen LogP contribution is -2.29. The van der Waals surface area contributed by atoms with Crippen molar-refractivity contribution in [2.24, 2.45) is 0 Å². The first-order valence-electron chi connectivity index (χ1n) is 6.29. The van der Waals surface area contributed by atoms with E-state index < -0.39 is 11.9 Å². The monoisotopic (exact) mass is 279 g/mol. The lowest BCUT2D eigenvalue weighted by atomic mass is 10.0. The minimum atomic E-state index is -4.46. The molecule has 2 aromatic rings. The predicted octanol–water partition coefficient (Wildman–Crippen LogP) is 2.81. The van der Waals surface area contributed by atoms with Gasteiger partial charge < -0.3 is 5.32 Å². The van der Waals surface area contributed by atoms with Crippen molar-refractivity contribution in [2.75, 3.05) is 6.54 Å². The minimum Gasteiger partial charge on any atom is -0.312 e. The van der Waals surface area contributed by atoms with Crippen LogP contribution in [0.15, 0.2) is 30.3 Å². The number of nitrogens with one attached hydrogen (secondary N) is 1. The van der Waals surface area contributed by atoms with Crippen LogP contribution < -0.4 is 5.32 Å². The van der Waals surface area contributed by atoms with Crippen LogP contribution in [-0.2, 0) is 19.1 Å². The molecule has 0 saturated carbocycles. The van der Waals surface area contributed by atoms with Gasteiger partial charge >= 0.3 is 6.18 Å². The maximum atomic E-state index is 13.2. The van der Waals surface area contributed by atoms with E-state index in [1.165, 1.54) is 0 Å². The molecule has 1 aromatic carbocycles. The molecule has 6 heteroatoms. The summed E-state index contributed by atoms with van der Waals surface area (Å²) in [5.74, 6) is 0.138. The maximum absolute atomic E-state index is 13.2. The Morgan fingerprint density at radius 3 is 2.50 bits per heavy atom. The van der Waals surface area contributed by atoms with E-state index in [1.54, 1.807) is 30.3 Å². The lowest BCUT2D eigenvalue weighted by Gasteiger charge is -2.21. The summed E-state index contributed by atoms with van der Waals surface area (Å²) in [5, 5.41) is 2.93. The molecule has 0 aliphatic carbocycles. The molecule has 0 amide bonds. The van der Waals surface area contributed by atoms with E-state index in [0.29, 0.717) is 24.2 Å². The average molecular weight is 279 g/mol. The fourth-order valence-corrected chi connectivity index (χ4v) is 2.29. The zero-order valence-corrected chi connectivity index (χ0v) is 10.5. The highest BCUT2D eigenvalue weighted by Gasteiger charge is 2.38. The first kappa shape index (κ1) is 13.1. The van der Waals surface area contributed by atoms with E-state index in [4.69, 9.17) is 0 Å². The molecule has 104 valence electrons. The van der Waals surface area contributed by atoms with Gasteiger partial charge in [-0.05, 0) is 0 Å². The van der Waals surface area contributed by atoms with Crippen molar-refractivity contribution in [1.29, 1.82) is 0 Å². The van der Waals surface area contributed by atoms with Gasteiger partial charge in [-0.3, -0.25) is 0 Å². The van der Waals surface area contributed by atoms with E-state index in [2.05, 4.69) is 15.3 Å². The van der Waals surface area contributed by atoms with Crippen LogP contribution in [-0.4, -0.2) is 16.5 Å². The molecule has 0 unspecified atom stereocenters. The van der Waals surface area contributed by atoms with Crippen LogP contribution in [0.5, 0.6) is 0 Å². The Morgan fingerprint density at radius 1 is 1.05 bits per heavy atom. The van der Waals surface area contributed by atoms with Crippen LogP contribution in [0.2, 0.25) is 0 Å². The standard InChI is InChI=1S/C14H12F3N3/c15-14(16,17)12-10-8-18-7-6-11(10)19-13(20-12)9-4-2-1-3-5-9/h1-5,18H,6-8H2. The second-order valence-corrected chi connectivity index (χ2v) is 4.61. The van der Waals surface area contributed by atoms with Crippen molar-refractivity contribution in [3.05, 3.63) is 47.3 Å². The second kappa shape index (κ2) is 4.86. The minimum absolute atomic E-state index is 0.138. The van der Waals surface area contributed by atoms with Gasteiger partial charge in [0.15, 0.2) is 11.5 Å². The summed E-state index contributed by atoms with van der Waals surface area (Å²) in [7, 11) is 0. The summed E-state index contributed by atoms with van der Waals surface area (Å²) in [6, 6.07) is 8.74. The molecular weight excluding hydrogens is 267 g/mol. The Kier molecular flexibility index (Phi) is 3.17. The number of benzene rings is 1. The molecule has 1 N–H and O–H groups in total. The Hall–Kier alpha value is -1.95. The fraction of sp³-hybridized carbons (Fsp3) is 0.286. The van der Waals surface area contributed by atoms with Gasteiger partial charge in [0.2, 0.25) is 0 Å². The first-order valence-corrected chi connectivity index (χ1v) is 6.29. The quantitative estimate of drug-likeness (QED) is 0.872. The molecule has 0 bridgehead atoms. The molecule has 3 nitrogen and oxygen atoms in total. The highest BCUT2D eigenvalue weighted by Crippen LogP contribution is 2.33. The van der Waals surface area contributed by atoms with Crippen LogP contribution in [0.25, 0.3) is 11.4 Å². The van der Waals surface area contributed by atoms with Gasteiger partial charge in [-0.15, -0.1) is 0 Å². The van der Waals surface area contributed by atoms with Crippen molar-refractivity contribution in [3.8, 4) is 11.4 Å². The van der Waals surface area contributed by atoms with Crippen LogP contribution in [0, 0.1) is 0 Å². The van der Waals surface area contributed by atoms with Crippen LogP contribution >= 0.6 is 0 Å². The molecule has 0 atom stereocenters. The summed E-state index contributed by atoms with van der Waals surface area (Å²) in [5.41, 5.74) is 0.432. The van der Waals surface area contributed by atoms with Crippen molar-refractivity contribution in [2.45, 2.75) is 19.1 Å². The smallest absolute Gasteiger partial charge is 0.312 e. The molecule has 20 heavy (non-hydrogen) atoms. The largest absolute Gasteiger partial charge is 0.433 e. The van der Waals surface area contributed by atoms with Gasteiger partial charge in [0.1, 0.15) is 0 Å². The van der Waals surface area contributed by atoms with Crippen LogP contribution in [0.4, 0.5) is 13.2 Å². The fourth-order valence-electron chi connectivity index (χ4n) is 2.29. The number of hydrogen-bond donors (Lipinski definition) is 1. The zero-order chi connectivity index (χ0) is 14.2. The molecule has 0 spiro atoms. The second-order valence-electron chi connectivity index (χ2n) is 4.61. The highest BCUT2D eigenvalue weighted by atomic mass is 19.4. The summed E-state index contributed by atoms with van der Waals surface area (Å²) in [6.07, 6.45) is -3.98. The topological polar surface area (TPSA) is 37.8 Å². The van der Waals surface area contributed by atoms with E-state index in [0.717, 1.165) is 0 Å². The van der Waals surface area contributed by atoms with E-state index in [1.807, 2.05) is 0 Å². The molecule has 0 saturated heterocycles. The third kappa shape index (κ3) is 2.38. The molecule has 2 heterocycles. The summed E-state index contributed by atoms with van der Waals surface area (Å²) < 4.78 is 39.5. The molecule has 0 fully saturated rings. The lowest BCUT2D eigenvalue weighted by molar-refractivity contribution is -0.142. The first-order chi connectivity index (χ1) is 9.55. The zero-order valence-electron chi connectivity index (χ0n) is 10.5. The molecular formula is C14H12F3N3. The Balaban J connectivity index is 2.19. The number of hydrogen-bond acceptors (Lipinski definition) is 3. The summed E-state index contributed by atoms with van der Waals surface area (Å²) >= 11 is 0. The molecule has 3 rings (SSSR count). The van der Waals surface area contributed by atoms with E-state index in [9.17, 15) is 13.2 Å². The van der Waals surface area contributed by atoms with Crippen molar-refractivity contribution >= 4 is 0 Å². The van der Waals surface area contributed by atoms with E-state index >= 15 is 0 Å². The average Bonchev–Trinajstić information content (AvgIpc) is 2.46. The number of nitrogens with zero attached hydrogens (tertiary/aromatic N) is 2. The number of halogens is 3. The van der Waals surface area contributed by atoms with Gasteiger partial charge in [-0.25, -0.2) is 9.97 Å². The van der Waals surface area contributed by atoms with Crippen molar-refractivity contribution in [1.82, 2.24) is 15.3 Å². The molecule has 1 aliphatic heterocycles. The Morgan fingerprint density at radius 2 is 1.80 bits per heavy atom. The number of alkyl halides is 3. The number of aromatic nitrogens is 2. The molecule has 0 radical (unpaired) electrons. The van der Waals surface area contributed by atoms with Gasteiger partial charge in [-0.1, -0.05) is 30.3 Å². The Bertz CT molecular complexity index is 624. The predicted molar refractivity (Wildman–Crippen MR) is 67.9 cm³/mol. The van der Waals surface area contributed by atoms with Gasteiger partial charge in [-0.2, -0.15) is 13.2 Å². The third-order valence-corrected chi connectivity index (χ3v) is 3.23. The van der Waals surface area contributed by atoms with Gasteiger partial charge in [0.05, 0.1) is 5.69 Å². The van der Waals surface area contributed by atoms with Crippen molar-refractivity contribution in [3.63, 3.8) is 0 Å². The van der Waals surface area contributed by atoms with Gasteiger partial charge in [0.25, 0.3) is 0 Å². The Labute approximate surface area is 113 Å². The maximum Gasteiger partial charge on any atom is 0.433 e. The number of fused-ring (bicyclic) bond motifs is 1. The van der Waals surface area contributed by atoms with Gasteiger partial charge in [0, 0.05) is 30.6 Å². The van der Waals surface area contributed by atoms with E-state index in [-0.39, 0.29) is 17.9 Å². The highest BCUT2D eigenvalue weighted by molar-refractivity contribution is 5.56. The summed E-state index contributed by atoms with van der Waals surface area (Å²) in [4.78, 5) is 8.06. The van der Waals surface area contributed by atoms with Crippen LogP contribution in [0.3, 0.4) is 0 Å². The SMILES string of the molecule is FC(F)(F)c1nc(-c2ccccc2)nc2c1CNCC2. The number of rotatable bonds is 1. The third-order valence-electron chi connectivity index (χ3n) is 3.23.